The van der Waals surface area contributed by atoms with Crippen LogP contribution in [0.1, 0.15) is 188 Å². The predicted octanol–water partition coefficient (Wildman–Crippen LogP) is 11.8. The van der Waals surface area contributed by atoms with Gasteiger partial charge >= 0.3 is 11.9 Å². The molecule has 6 nitrogen and oxygen atoms in total. The van der Waals surface area contributed by atoms with Crippen molar-refractivity contribution in [3.63, 3.8) is 0 Å². The Bertz CT molecular complexity index is 876. The van der Waals surface area contributed by atoms with Gasteiger partial charge in [0.15, 0.2) is 6.10 Å². The van der Waals surface area contributed by atoms with Gasteiger partial charge in [-0.25, -0.2) is 0 Å². The van der Waals surface area contributed by atoms with Crippen molar-refractivity contribution in [2.75, 3.05) is 13.2 Å². The van der Waals surface area contributed by atoms with E-state index in [1.807, 2.05) is 6.92 Å². The van der Waals surface area contributed by atoms with Crippen molar-refractivity contribution < 1.29 is 29.3 Å². The van der Waals surface area contributed by atoms with E-state index in [0.29, 0.717) is 12.8 Å². The molecule has 0 heterocycles. The van der Waals surface area contributed by atoms with Gasteiger partial charge in [0.1, 0.15) is 6.61 Å². The van der Waals surface area contributed by atoms with Crippen LogP contribution in [0.15, 0.2) is 48.6 Å². The van der Waals surface area contributed by atoms with Gasteiger partial charge in [-0.2, -0.15) is 0 Å². The van der Waals surface area contributed by atoms with Crippen LogP contribution in [0.2, 0.25) is 0 Å². The van der Waals surface area contributed by atoms with E-state index < -0.39 is 6.10 Å². The SMILES string of the molecule is CCC(C)CCCCCCCCCCCCCCCCC(=O)OC[C@H](CO)OC(=O)CCC/C=C\C/C=C\C/C=C\C/C=C\CC[C@H](O)CC. The molecule has 0 aromatic heterocycles. The second-order valence-corrected chi connectivity index (χ2v) is 14.1. The highest BCUT2D eigenvalue weighted by atomic mass is 16.6. The first kappa shape index (κ1) is 47.8. The maximum Gasteiger partial charge on any atom is 0.306 e. The van der Waals surface area contributed by atoms with Gasteiger partial charge in [-0.05, 0) is 63.7 Å². The molecule has 0 aliphatic rings. The Kier molecular flexibility index (Phi) is 36.4. The van der Waals surface area contributed by atoms with Crippen LogP contribution < -0.4 is 0 Å². The summed E-state index contributed by atoms with van der Waals surface area (Å²) < 4.78 is 10.6. The van der Waals surface area contributed by atoms with E-state index in [0.717, 1.165) is 70.1 Å². The molecule has 6 heteroatoms. The molecule has 3 atom stereocenters. The summed E-state index contributed by atoms with van der Waals surface area (Å²) in [6.45, 7) is 6.20. The number of ether oxygens (including phenoxy) is 2. The number of aliphatic hydroxyl groups is 2. The lowest BCUT2D eigenvalue weighted by molar-refractivity contribution is -0.161. The third kappa shape index (κ3) is 35.6. The van der Waals surface area contributed by atoms with E-state index in [4.69, 9.17) is 9.47 Å². The number of rotatable bonds is 36. The molecule has 0 spiro atoms. The van der Waals surface area contributed by atoms with Crippen molar-refractivity contribution in [3.05, 3.63) is 48.6 Å². The van der Waals surface area contributed by atoms with E-state index in [1.54, 1.807) is 0 Å². The van der Waals surface area contributed by atoms with Crippen molar-refractivity contribution >= 4 is 11.9 Å². The van der Waals surface area contributed by atoms with Gasteiger partial charge in [0.2, 0.25) is 0 Å². The van der Waals surface area contributed by atoms with Gasteiger partial charge in [0.05, 0.1) is 12.7 Å². The minimum Gasteiger partial charge on any atom is -0.462 e. The average Bonchev–Trinajstić information content (AvgIpc) is 3.12. The summed E-state index contributed by atoms with van der Waals surface area (Å²) in [5, 5.41) is 19.1. The molecular formula is C44H78O6. The fraction of sp³-hybridized carbons (Fsp3) is 0.773. The number of carbonyl (C=O) groups is 2. The molecule has 0 aromatic carbocycles. The summed E-state index contributed by atoms with van der Waals surface area (Å²) in [5.74, 6) is 0.224. The number of hydrogen-bond acceptors (Lipinski definition) is 6. The predicted molar refractivity (Wildman–Crippen MR) is 211 cm³/mol. The molecule has 50 heavy (non-hydrogen) atoms. The second kappa shape index (κ2) is 38.1. The van der Waals surface area contributed by atoms with Crippen molar-refractivity contribution in [2.24, 2.45) is 5.92 Å². The molecule has 0 aliphatic heterocycles. The lowest BCUT2D eigenvalue weighted by atomic mass is 9.99. The summed E-state index contributed by atoms with van der Waals surface area (Å²) in [5.41, 5.74) is 0. The Hall–Kier alpha value is -2.18. The van der Waals surface area contributed by atoms with Crippen LogP contribution >= 0.6 is 0 Å². The Morgan fingerprint density at radius 3 is 1.52 bits per heavy atom. The Morgan fingerprint density at radius 1 is 0.560 bits per heavy atom. The molecule has 0 aliphatic carbocycles. The lowest BCUT2D eigenvalue weighted by Crippen LogP contribution is -2.28. The van der Waals surface area contributed by atoms with E-state index >= 15 is 0 Å². The monoisotopic (exact) mass is 703 g/mol. The van der Waals surface area contributed by atoms with Crippen LogP contribution in [0, 0.1) is 5.92 Å². The van der Waals surface area contributed by atoms with E-state index in [2.05, 4.69) is 62.5 Å². The third-order valence-electron chi connectivity index (χ3n) is 9.33. The second-order valence-electron chi connectivity index (χ2n) is 14.1. The molecule has 0 amide bonds. The van der Waals surface area contributed by atoms with Gasteiger partial charge in [-0.3, -0.25) is 9.59 Å². The Morgan fingerprint density at radius 2 is 1.02 bits per heavy atom. The van der Waals surface area contributed by atoms with Crippen LogP contribution in [-0.2, 0) is 19.1 Å². The summed E-state index contributed by atoms with van der Waals surface area (Å²) in [6, 6.07) is 0. The van der Waals surface area contributed by atoms with Gasteiger partial charge in [0, 0.05) is 12.8 Å². The summed E-state index contributed by atoms with van der Waals surface area (Å²) in [6.07, 6.45) is 44.0. The maximum absolute atomic E-state index is 12.2. The summed E-state index contributed by atoms with van der Waals surface area (Å²) in [4.78, 5) is 24.3. The topological polar surface area (TPSA) is 93.1 Å². The first-order valence-electron chi connectivity index (χ1n) is 20.7. The fourth-order valence-electron chi connectivity index (χ4n) is 5.62. The minimum atomic E-state index is -0.809. The highest BCUT2D eigenvalue weighted by Crippen LogP contribution is 2.16. The van der Waals surface area contributed by atoms with Crippen molar-refractivity contribution in [2.45, 2.75) is 200 Å². The molecule has 0 rings (SSSR count). The van der Waals surface area contributed by atoms with Gasteiger partial charge in [-0.1, -0.05) is 166 Å². The zero-order valence-corrected chi connectivity index (χ0v) is 32.7. The maximum atomic E-state index is 12.2. The molecule has 2 N–H and O–H groups in total. The van der Waals surface area contributed by atoms with Gasteiger partial charge in [0.25, 0.3) is 0 Å². The normalized spacial score (nSPS) is 13.9. The van der Waals surface area contributed by atoms with Gasteiger partial charge < -0.3 is 19.7 Å². The summed E-state index contributed by atoms with van der Waals surface area (Å²) in [7, 11) is 0. The molecule has 1 unspecified atom stereocenters. The average molecular weight is 703 g/mol. The van der Waals surface area contributed by atoms with E-state index in [-0.39, 0.29) is 37.7 Å². The zero-order chi connectivity index (χ0) is 36.8. The zero-order valence-electron chi connectivity index (χ0n) is 32.7. The molecule has 0 fully saturated rings. The van der Waals surface area contributed by atoms with Crippen molar-refractivity contribution in [3.8, 4) is 0 Å². The van der Waals surface area contributed by atoms with Crippen molar-refractivity contribution in [1.82, 2.24) is 0 Å². The number of unbranched alkanes of at least 4 members (excludes halogenated alkanes) is 14. The molecule has 0 saturated heterocycles. The lowest BCUT2D eigenvalue weighted by Gasteiger charge is -2.15. The molecule has 0 radical (unpaired) electrons. The van der Waals surface area contributed by atoms with E-state index in [1.165, 1.54) is 83.5 Å². The molecule has 0 bridgehead atoms. The van der Waals surface area contributed by atoms with Crippen LogP contribution in [0.4, 0.5) is 0 Å². The Labute approximate surface area is 308 Å². The first-order valence-corrected chi connectivity index (χ1v) is 20.7. The minimum absolute atomic E-state index is 0.0957. The number of esters is 2. The highest BCUT2D eigenvalue weighted by Gasteiger charge is 2.16. The molecular weight excluding hydrogens is 624 g/mol. The highest BCUT2D eigenvalue weighted by molar-refractivity contribution is 5.70. The number of aliphatic hydroxyl groups excluding tert-OH is 2. The largest absolute Gasteiger partial charge is 0.462 e. The molecule has 0 aromatic rings. The smallest absolute Gasteiger partial charge is 0.306 e. The molecule has 290 valence electrons. The summed E-state index contributed by atoms with van der Waals surface area (Å²) >= 11 is 0. The quantitative estimate of drug-likeness (QED) is 0.0383. The number of allylic oxidation sites excluding steroid dienone is 8. The van der Waals surface area contributed by atoms with Crippen LogP contribution in [0.3, 0.4) is 0 Å². The molecule has 0 saturated carbocycles. The van der Waals surface area contributed by atoms with Crippen LogP contribution in [0.25, 0.3) is 0 Å². The Balaban J connectivity index is 3.65. The standard InChI is InChI=1S/C44H78O6/c1-4-40(3)34-30-26-22-18-14-10-6-8-12-16-20-24-28-32-36-43(47)49-39-42(38-45)50-44(48)37-33-29-25-21-17-13-9-7-11-15-19-23-27-31-35-41(46)5-2/h9,11,13,15,21,23,25,27,40-42,45-46H,4-8,10,12,14,16-20,22,24,26,28-39H2,1-3H3/b13-9-,15-11-,25-21-,27-23-/t40?,41-,42+/m1/s1. The first-order chi connectivity index (χ1) is 24.4. The number of carbonyl (C=O) groups excluding carboxylic acids is 2. The van der Waals surface area contributed by atoms with Crippen LogP contribution in [-0.4, -0.2) is 47.6 Å². The van der Waals surface area contributed by atoms with Gasteiger partial charge in [-0.15, -0.1) is 0 Å². The third-order valence-corrected chi connectivity index (χ3v) is 9.33. The van der Waals surface area contributed by atoms with Crippen molar-refractivity contribution in [1.29, 1.82) is 0 Å². The van der Waals surface area contributed by atoms with E-state index in [9.17, 15) is 19.8 Å². The number of hydrogen-bond donors (Lipinski definition) is 2. The van der Waals surface area contributed by atoms with Crippen LogP contribution in [0.5, 0.6) is 0 Å². The fourth-order valence-corrected chi connectivity index (χ4v) is 5.62.